The lowest BCUT2D eigenvalue weighted by molar-refractivity contribution is -0.138. The first-order chi connectivity index (χ1) is 7.24. The summed E-state index contributed by atoms with van der Waals surface area (Å²) in [7, 11) is 0. The van der Waals surface area contributed by atoms with E-state index in [0.717, 1.165) is 6.42 Å². The van der Waals surface area contributed by atoms with Gasteiger partial charge in [0.15, 0.2) is 0 Å². The maximum atomic E-state index is 11.4. The van der Waals surface area contributed by atoms with Crippen molar-refractivity contribution in [2.24, 2.45) is 5.92 Å². The molecule has 2 amide bonds. The van der Waals surface area contributed by atoms with Crippen molar-refractivity contribution in [3.8, 4) is 0 Å². The third-order valence-electron chi connectivity index (χ3n) is 2.08. The van der Waals surface area contributed by atoms with E-state index in [4.69, 9.17) is 5.11 Å². The van der Waals surface area contributed by atoms with Gasteiger partial charge in [0.1, 0.15) is 0 Å². The molecule has 0 aliphatic heterocycles. The zero-order valence-electron chi connectivity index (χ0n) is 10.5. The average molecular weight is 230 g/mol. The second-order valence-electron chi connectivity index (χ2n) is 4.96. The van der Waals surface area contributed by atoms with E-state index in [9.17, 15) is 9.59 Å². The van der Waals surface area contributed by atoms with E-state index < -0.39 is 5.97 Å². The zero-order valence-corrected chi connectivity index (χ0v) is 10.5. The molecular weight excluding hydrogens is 208 g/mol. The average Bonchev–Trinajstić information content (AvgIpc) is 2.08. The molecule has 3 N–H and O–H groups in total. The molecule has 0 aromatic carbocycles. The van der Waals surface area contributed by atoms with Crippen LogP contribution in [-0.2, 0) is 4.79 Å². The number of hydrogen-bond donors (Lipinski definition) is 3. The fraction of sp³-hybridized carbons (Fsp3) is 0.818. The number of carbonyl (C=O) groups excluding carboxylic acids is 1. The topological polar surface area (TPSA) is 78.4 Å². The van der Waals surface area contributed by atoms with E-state index in [1.54, 1.807) is 0 Å². The van der Waals surface area contributed by atoms with E-state index in [1.165, 1.54) is 0 Å². The van der Waals surface area contributed by atoms with Gasteiger partial charge in [-0.05, 0) is 26.7 Å². The van der Waals surface area contributed by atoms with Crippen molar-refractivity contribution in [3.05, 3.63) is 0 Å². The van der Waals surface area contributed by atoms with Gasteiger partial charge in [-0.15, -0.1) is 0 Å². The highest BCUT2D eigenvalue weighted by molar-refractivity contribution is 5.74. The van der Waals surface area contributed by atoms with Crippen molar-refractivity contribution >= 4 is 12.0 Å². The molecule has 0 radical (unpaired) electrons. The number of nitrogens with one attached hydrogen (secondary N) is 2. The van der Waals surface area contributed by atoms with Crippen LogP contribution < -0.4 is 10.6 Å². The smallest absolute Gasteiger partial charge is 0.315 e. The highest BCUT2D eigenvalue weighted by atomic mass is 16.4. The van der Waals surface area contributed by atoms with E-state index in [-0.39, 0.29) is 23.9 Å². The quantitative estimate of drug-likeness (QED) is 0.671. The molecule has 0 rings (SSSR count). The Labute approximate surface area is 96.6 Å². The fourth-order valence-electron chi connectivity index (χ4n) is 1.23. The van der Waals surface area contributed by atoms with Gasteiger partial charge in [-0.3, -0.25) is 4.79 Å². The number of aliphatic carboxylic acids is 1. The molecule has 1 unspecified atom stereocenters. The molecule has 0 fully saturated rings. The number of rotatable bonds is 5. The molecule has 5 heteroatoms. The molecule has 94 valence electrons. The maximum Gasteiger partial charge on any atom is 0.315 e. The summed E-state index contributed by atoms with van der Waals surface area (Å²) in [5.41, 5.74) is -0.279. The Morgan fingerprint density at radius 2 is 1.88 bits per heavy atom. The predicted molar refractivity (Wildman–Crippen MR) is 62.3 cm³/mol. The Morgan fingerprint density at radius 3 is 2.25 bits per heavy atom. The van der Waals surface area contributed by atoms with Crippen molar-refractivity contribution < 1.29 is 14.7 Å². The van der Waals surface area contributed by atoms with Crippen molar-refractivity contribution in [2.45, 2.75) is 46.1 Å². The fourth-order valence-corrected chi connectivity index (χ4v) is 1.23. The van der Waals surface area contributed by atoms with Crippen LogP contribution in [0.25, 0.3) is 0 Å². The molecule has 16 heavy (non-hydrogen) atoms. The Morgan fingerprint density at radius 1 is 1.31 bits per heavy atom. The highest BCUT2D eigenvalue weighted by Crippen LogP contribution is 2.06. The second-order valence-corrected chi connectivity index (χ2v) is 4.96. The Hall–Kier alpha value is -1.26. The molecule has 0 heterocycles. The normalized spacial score (nSPS) is 13.0. The molecule has 0 saturated carbocycles. The molecule has 0 bridgehead atoms. The number of urea groups is 1. The third kappa shape index (κ3) is 8.08. The van der Waals surface area contributed by atoms with Crippen molar-refractivity contribution in [1.29, 1.82) is 0 Å². The minimum Gasteiger partial charge on any atom is -0.481 e. The molecular formula is C11H22N2O3. The van der Waals surface area contributed by atoms with Gasteiger partial charge in [-0.25, -0.2) is 4.79 Å². The lowest BCUT2D eigenvalue weighted by atomic mass is 10.0. The maximum absolute atomic E-state index is 11.4. The second kappa shape index (κ2) is 6.35. The number of amides is 2. The summed E-state index contributed by atoms with van der Waals surface area (Å²) in [6.45, 7) is 7.98. The van der Waals surface area contributed by atoms with Crippen LogP contribution >= 0.6 is 0 Å². The van der Waals surface area contributed by atoms with Crippen LogP contribution in [0.4, 0.5) is 4.79 Å². The van der Waals surface area contributed by atoms with Gasteiger partial charge in [0.2, 0.25) is 0 Å². The van der Waals surface area contributed by atoms with Crippen LogP contribution in [0.5, 0.6) is 0 Å². The first-order valence-electron chi connectivity index (χ1n) is 5.52. The van der Waals surface area contributed by atoms with Crippen LogP contribution in [0.3, 0.4) is 0 Å². The van der Waals surface area contributed by atoms with Crippen molar-refractivity contribution in [2.75, 3.05) is 6.54 Å². The Kier molecular flexibility index (Phi) is 5.85. The summed E-state index contributed by atoms with van der Waals surface area (Å²) in [4.78, 5) is 21.9. The lowest BCUT2D eigenvalue weighted by Gasteiger charge is -2.22. The van der Waals surface area contributed by atoms with Crippen molar-refractivity contribution in [1.82, 2.24) is 10.6 Å². The van der Waals surface area contributed by atoms with Gasteiger partial charge in [0, 0.05) is 18.5 Å². The molecule has 0 aromatic rings. The number of carbonyl (C=O) groups is 2. The van der Waals surface area contributed by atoms with Gasteiger partial charge in [0.05, 0.1) is 0 Å². The summed E-state index contributed by atoms with van der Waals surface area (Å²) in [6, 6.07) is -0.253. The van der Waals surface area contributed by atoms with Gasteiger partial charge in [-0.1, -0.05) is 13.3 Å². The molecule has 0 spiro atoms. The molecule has 0 aliphatic rings. The third-order valence-corrected chi connectivity index (χ3v) is 2.08. The minimum absolute atomic E-state index is 0.0109. The minimum atomic E-state index is -0.829. The number of hydrogen-bond acceptors (Lipinski definition) is 2. The Balaban J connectivity index is 3.93. The summed E-state index contributed by atoms with van der Waals surface area (Å²) in [6.07, 6.45) is 0.828. The van der Waals surface area contributed by atoms with Crippen LogP contribution in [-0.4, -0.2) is 29.2 Å². The van der Waals surface area contributed by atoms with E-state index in [0.29, 0.717) is 6.54 Å². The summed E-state index contributed by atoms with van der Waals surface area (Å²) >= 11 is 0. The van der Waals surface area contributed by atoms with E-state index in [1.807, 2.05) is 27.7 Å². The highest BCUT2D eigenvalue weighted by Gasteiger charge is 2.15. The van der Waals surface area contributed by atoms with Gasteiger partial charge >= 0.3 is 12.0 Å². The zero-order chi connectivity index (χ0) is 12.8. The van der Waals surface area contributed by atoms with Crippen LogP contribution in [0, 0.1) is 5.92 Å². The first kappa shape index (κ1) is 14.7. The first-order valence-corrected chi connectivity index (χ1v) is 5.52. The van der Waals surface area contributed by atoms with Crippen LogP contribution in [0.15, 0.2) is 0 Å². The van der Waals surface area contributed by atoms with E-state index >= 15 is 0 Å². The molecule has 1 atom stereocenters. The molecule has 0 aromatic heterocycles. The number of carboxylic acid groups (broad SMARTS) is 1. The van der Waals surface area contributed by atoms with Crippen LogP contribution in [0.2, 0.25) is 0 Å². The van der Waals surface area contributed by atoms with Gasteiger partial charge < -0.3 is 15.7 Å². The predicted octanol–water partition coefficient (Wildman–Crippen LogP) is 1.58. The standard InChI is InChI=1S/C11H22N2O3/c1-5-8(6-9(14)15)7-12-10(16)13-11(2,3)4/h8H,5-7H2,1-4H3,(H,14,15)(H2,12,13,16). The molecule has 5 nitrogen and oxygen atoms in total. The van der Waals surface area contributed by atoms with Crippen molar-refractivity contribution in [3.63, 3.8) is 0 Å². The van der Waals surface area contributed by atoms with Gasteiger partial charge in [-0.2, -0.15) is 0 Å². The lowest BCUT2D eigenvalue weighted by Crippen LogP contribution is -2.47. The largest absolute Gasteiger partial charge is 0.481 e. The summed E-state index contributed by atoms with van der Waals surface area (Å²) in [5.74, 6) is -0.840. The SMILES string of the molecule is CCC(CNC(=O)NC(C)(C)C)CC(=O)O. The van der Waals surface area contributed by atoms with E-state index in [2.05, 4.69) is 10.6 Å². The summed E-state index contributed by atoms with van der Waals surface area (Å²) in [5, 5.41) is 14.1. The number of carboxylic acids is 1. The Bertz CT molecular complexity index is 246. The molecule has 0 aliphatic carbocycles. The van der Waals surface area contributed by atoms with Gasteiger partial charge in [0.25, 0.3) is 0 Å². The monoisotopic (exact) mass is 230 g/mol. The van der Waals surface area contributed by atoms with Crippen LogP contribution in [0.1, 0.15) is 40.5 Å². The summed E-state index contributed by atoms with van der Waals surface area (Å²) < 4.78 is 0. The molecule has 0 saturated heterocycles.